The third kappa shape index (κ3) is 4.45. The molecule has 0 unspecified atom stereocenters. The fourth-order valence-corrected chi connectivity index (χ4v) is 5.31. The molecule has 2 N–H and O–H groups in total. The number of phenols is 1. The molecule has 36 heavy (non-hydrogen) atoms. The van der Waals surface area contributed by atoms with Gasteiger partial charge in [0.25, 0.3) is 0 Å². The van der Waals surface area contributed by atoms with Gasteiger partial charge in [-0.3, -0.25) is 0 Å². The molecule has 184 valence electrons. The van der Waals surface area contributed by atoms with Crippen molar-refractivity contribution >= 4 is 11.6 Å². The van der Waals surface area contributed by atoms with Crippen LogP contribution in [0.15, 0.2) is 42.9 Å². The highest BCUT2D eigenvalue weighted by molar-refractivity contribution is 5.74. The molecule has 0 radical (unpaired) electrons. The number of benzene rings is 1. The van der Waals surface area contributed by atoms with Crippen LogP contribution in [-0.2, 0) is 0 Å². The lowest BCUT2D eigenvalue weighted by Crippen LogP contribution is -2.62. The zero-order chi connectivity index (χ0) is 25.7. The van der Waals surface area contributed by atoms with E-state index in [1.807, 2.05) is 13.1 Å². The van der Waals surface area contributed by atoms with Gasteiger partial charge in [0.05, 0.1) is 17.5 Å². The number of nitrogens with one attached hydrogen (secondary N) is 1. The highest BCUT2D eigenvalue weighted by Gasteiger charge is 2.39. The van der Waals surface area contributed by atoms with Gasteiger partial charge in [0.2, 0.25) is 5.95 Å². The van der Waals surface area contributed by atoms with Crippen molar-refractivity contribution in [2.45, 2.75) is 57.7 Å². The van der Waals surface area contributed by atoms with Crippen LogP contribution in [0.1, 0.15) is 46.1 Å². The number of nitrogens with zero attached hydrogens (tertiary/aromatic N) is 8. The minimum atomic E-state index is 0.00678. The number of phenolic OH excluding ortho intramolecular Hbond substituents is 1. The third-order valence-corrected chi connectivity index (χ3v) is 6.63. The Balaban J connectivity index is 1.39. The molecule has 0 bridgehead atoms. The molecule has 5 rings (SSSR count). The van der Waals surface area contributed by atoms with E-state index in [0.29, 0.717) is 39.7 Å². The summed E-state index contributed by atoms with van der Waals surface area (Å²) in [6.45, 7) is 8.86. The molecule has 0 atom stereocenters. The van der Waals surface area contributed by atoms with Gasteiger partial charge in [-0.25, -0.2) is 14.5 Å². The van der Waals surface area contributed by atoms with E-state index in [9.17, 15) is 10.4 Å². The monoisotopic (exact) mass is 483 g/mol. The lowest BCUT2D eigenvalue weighted by molar-refractivity contribution is 0.160. The van der Waals surface area contributed by atoms with Crippen molar-refractivity contribution in [2.24, 2.45) is 0 Å². The molecule has 10 heteroatoms. The maximum atomic E-state index is 10.8. The molecule has 1 saturated heterocycles. The number of piperidine rings is 1. The van der Waals surface area contributed by atoms with Crippen LogP contribution in [0.5, 0.6) is 5.75 Å². The van der Waals surface area contributed by atoms with Crippen LogP contribution in [0.3, 0.4) is 0 Å². The topological polar surface area (TPSA) is 128 Å². The number of anilines is 1. The summed E-state index contributed by atoms with van der Waals surface area (Å²) in [7, 11) is 2.00. The molecule has 1 aliphatic rings. The van der Waals surface area contributed by atoms with Crippen LogP contribution in [0.2, 0.25) is 0 Å². The largest absolute Gasteiger partial charge is 0.507 e. The molecule has 0 aliphatic carbocycles. The van der Waals surface area contributed by atoms with Crippen LogP contribution in [-0.4, -0.2) is 59.1 Å². The molecule has 4 aromatic rings. The van der Waals surface area contributed by atoms with Gasteiger partial charge < -0.3 is 15.3 Å². The average Bonchev–Trinajstić information content (AvgIpc) is 3.30. The van der Waals surface area contributed by atoms with Crippen LogP contribution in [0.25, 0.3) is 28.2 Å². The molecular weight excluding hydrogens is 454 g/mol. The Kier molecular flexibility index (Phi) is 5.60. The summed E-state index contributed by atoms with van der Waals surface area (Å²) >= 11 is 0. The molecule has 1 aromatic carbocycles. The molecular formula is C26H29N9O. The van der Waals surface area contributed by atoms with Gasteiger partial charge in [-0.1, -0.05) is 6.07 Å². The predicted molar refractivity (Wildman–Crippen MR) is 136 cm³/mol. The number of rotatable bonds is 4. The summed E-state index contributed by atoms with van der Waals surface area (Å²) in [5.41, 5.74) is 3.11. The minimum absolute atomic E-state index is 0.00678. The van der Waals surface area contributed by atoms with Crippen LogP contribution in [0.4, 0.5) is 5.95 Å². The lowest BCUT2D eigenvalue weighted by atomic mass is 9.79. The summed E-state index contributed by atoms with van der Waals surface area (Å²) in [6.07, 6.45) is 6.83. The van der Waals surface area contributed by atoms with E-state index in [1.165, 1.54) is 0 Å². The molecule has 1 aliphatic heterocycles. The molecule has 0 amide bonds. The maximum absolute atomic E-state index is 10.8. The maximum Gasteiger partial charge on any atom is 0.245 e. The fraction of sp³-hybridized carbons (Fsp3) is 0.385. The van der Waals surface area contributed by atoms with E-state index < -0.39 is 0 Å². The second-order valence-corrected chi connectivity index (χ2v) is 10.7. The first-order chi connectivity index (χ1) is 17.0. The Morgan fingerprint density at radius 2 is 1.83 bits per heavy atom. The van der Waals surface area contributed by atoms with Crippen molar-refractivity contribution in [2.75, 3.05) is 11.9 Å². The number of aromatic nitrogens is 6. The van der Waals surface area contributed by atoms with E-state index >= 15 is 0 Å². The van der Waals surface area contributed by atoms with Gasteiger partial charge in [-0.15, -0.1) is 10.2 Å². The first kappa shape index (κ1) is 23.6. The number of hydrogen-bond donors (Lipinski definition) is 2. The Morgan fingerprint density at radius 1 is 1.08 bits per heavy atom. The number of aromatic hydroxyl groups is 1. The van der Waals surface area contributed by atoms with Crippen molar-refractivity contribution in [1.29, 1.82) is 5.26 Å². The van der Waals surface area contributed by atoms with Crippen LogP contribution < -0.4 is 10.2 Å². The SMILES string of the molecule is CN(c1ncc(-c2ccc(-c3cc(C#N)c4nccn4n3)cc2O)nn1)C1CC(C)(C)NC(C)(C)C1. The zero-order valence-electron chi connectivity index (χ0n) is 21.1. The Hall–Kier alpha value is -4.10. The van der Waals surface area contributed by atoms with E-state index in [0.717, 1.165) is 12.8 Å². The van der Waals surface area contributed by atoms with Crippen molar-refractivity contribution in [3.05, 3.63) is 48.4 Å². The lowest BCUT2D eigenvalue weighted by Gasteiger charge is -2.48. The van der Waals surface area contributed by atoms with Gasteiger partial charge in [0, 0.05) is 47.7 Å². The Labute approximate surface area is 209 Å². The molecule has 4 heterocycles. The normalized spacial score (nSPS) is 17.1. The molecule has 1 fully saturated rings. The van der Waals surface area contributed by atoms with Gasteiger partial charge in [0.1, 0.15) is 17.5 Å². The standard InChI is InChI=1S/C26H29N9O/c1-25(2)12-18(13-26(3,4)33-25)34(5)24-29-15-21(30-31-24)19-7-6-16(11-22(19)36)20-10-17(14-27)23-28-8-9-35(23)32-20/h6-11,15,18,33,36H,12-13H2,1-5H3. The van der Waals surface area contributed by atoms with Gasteiger partial charge >= 0.3 is 0 Å². The molecule has 0 spiro atoms. The van der Waals surface area contributed by atoms with Crippen LogP contribution >= 0.6 is 0 Å². The van der Waals surface area contributed by atoms with Gasteiger partial charge in [-0.05, 0) is 58.7 Å². The molecule has 3 aromatic heterocycles. The van der Waals surface area contributed by atoms with Crippen LogP contribution in [0, 0.1) is 11.3 Å². The summed E-state index contributed by atoms with van der Waals surface area (Å²) < 4.78 is 1.55. The fourth-order valence-electron chi connectivity index (χ4n) is 5.31. The Bertz CT molecular complexity index is 1450. The highest BCUT2D eigenvalue weighted by atomic mass is 16.3. The quantitative estimate of drug-likeness (QED) is 0.447. The van der Waals surface area contributed by atoms with E-state index in [4.69, 9.17) is 0 Å². The van der Waals surface area contributed by atoms with E-state index in [-0.39, 0.29) is 22.9 Å². The Morgan fingerprint density at radius 3 is 2.47 bits per heavy atom. The second-order valence-electron chi connectivity index (χ2n) is 10.7. The molecule has 0 saturated carbocycles. The highest BCUT2D eigenvalue weighted by Crippen LogP contribution is 2.34. The molecule has 10 nitrogen and oxygen atoms in total. The first-order valence-corrected chi connectivity index (χ1v) is 11.9. The second kappa shape index (κ2) is 8.53. The van der Waals surface area contributed by atoms with Crippen molar-refractivity contribution in [3.8, 4) is 34.3 Å². The number of nitriles is 1. The zero-order valence-corrected chi connectivity index (χ0v) is 21.1. The number of imidazole rings is 1. The number of fused-ring (bicyclic) bond motifs is 1. The number of hydrogen-bond acceptors (Lipinski definition) is 9. The van der Waals surface area contributed by atoms with Crippen molar-refractivity contribution in [3.63, 3.8) is 0 Å². The first-order valence-electron chi connectivity index (χ1n) is 11.9. The van der Waals surface area contributed by atoms with Gasteiger partial charge in [0.15, 0.2) is 5.65 Å². The summed E-state index contributed by atoms with van der Waals surface area (Å²) in [5.74, 6) is 0.577. The summed E-state index contributed by atoms with van der Waals surface area (Å²) in [5, 5.41) is 37.2. The van der Waals surface area contributed by atoms with E-state index in [1.54, 1.807) is 41.3 Å². The smallest absolute Gasteiger partial charge is 0.245 e. The predicted octanol–water partition coefficient (Wildman–Crippen LogP) is 3.57. The average molecular weight is 484 g/mol. The van der Waals surface area contributed by atoms with Gasteiger partial charge in [-0.2, -0.15) is 10.4 Å². The van der Waals surface area contributed by atoms with E-state index in [2.05, 4.69) is 69.2 Å². The minimum Gasteiger partial charge on any atom is -0.507 e. The van der Waals surface area contributed by atoms with Crippen molar-refractivity contribution < 1.29 is 5.11 Å². The third-order valence-electron chi connectivity index (χ3n) is 6.63. The summed E-state index contributed by atoms with van der Waals surface area (Å²) in [6, 6.07) is 9.25. The summed E-state index contributed by atoms with van der Waals surface area (Å²) in [4.78, 5) is 10.8. The van der Waals surface area contributed by atoms with Crippen molar-refractivity contribution in [1.82, 2.24) is 35.1 Å².